The summed E-state index contributed by atoms with van der Waals surface area (Å²) in [4.78, 5) is 5.14. The highest BCUT2D eigenvalue weighted by molar-refractivity contribution is 9.08. The number of fused-ring (bicyclic) bond motifs is 1. The van der Waals surface area contributed by atoms with Crippen LogP contribution >= 0.6 is 27.5 Å². The van der Waals surface area contributed by atoms with Crippen LogP contribution in [0.15, 0.2) is 18.2 Å². The Morgan fingerprint density at radius 2 is 2.05 bits per heavy atom. The Morgan fingerprint density at radius 3 is 2.84 bits per heavy atom. The number of rotatable bonds is 2. The maximum atomic E-state index is 6.46. The minimum absolute atomic E-state index is 0.731. The Morgan fingerprint density at radius 1 is 1.21 bits per heavy atom. The zero-order chi connectivity index (χ0) is 13.2. The van der Waals surface area contributed by atoms with E-state index in [4.69, 9.17) is 11.6 Å². The molecule has 1 aromatic rings. The molecule has 2 heterocycles. The summed E-state index contributed by atoms with van der Waals surface area (Å²) < 4.78 is 0. The van der Waals surface area contributed by atoms with Crippen LogP contribution in [-0.4, -0.2) is 37.1 Å². The maximum Gasteiger partial charge on any atom is 0.0642 e. The normalized spacial score (nSPS) is 24.3. The van der Waals surface area contributed by atoms with Crippen LogP contribution in [0.1, 0.15) is 24.8 Å². The highest BCUT2D eigenvalue weighted by atomic mass is 79.9. The van der Waals surface area contributed by atoms with Gasteiger partial charge in [0, 0.05) is 31.0 Å². The van der Waals surface area contributed by atoms with Gasteiger partial charge in [-0.1, -0.05) is 33.6 Å². The Kier molecular flexibility index (Phi) is 4.35. The van der Waals surface area contributed by atoms with E-state index in [0.29, 0.717) is 0 Å². The van der Waals surface area contributed by atoms with Gasteiger partial charge in [0.05, 0.1) is 10.7 Å². The lowest BCUT2D eigenvalue weighted by Crippen LogP contribution is -2.36. The third kappa shape index (κ3) is 2.93. The van der Waals surface area contributed by atoms with Gasteiger partial charge < -0.3 is 4.90 Å². The van der Waals surface area contributed by atoms with E-state index in [2.05, 4.69) is 43.9 Å². The van der Waals surface area contributed by atoms with Gasteiger partial charge in [0.2, 0.25) is 0 Å². The average Bonchev–Trinajstić information content (AvgIpc) is 2.76. The molecule has 0 aromatic heterocycles. The largest absolute Gasteiger partial charge is 0.369 e. The third-order valence-corrected chi connectivity index (χ3v) is 5.26. The quantitative estimate of drug-likeness (QED) is 0.751. The fraction of sp³-hybridized carbons (Fsp3) is 0.600. The maximum absolute atomic E-state index is 6.46. The number of halogens is 2. The predicted octanol–water partition coefficient (Wildman–Crippen LogP) is 3.91. The summed E-state index contributed by atoms with van der Waals surface area (Å²) in [6.45, 7) is 4.79. The van der Waals surface area contributed by atoms with E-state index in [1.54, 1.807) is 0 Å². The second-order valence-corrected chi connectivity index (χ2v) is 6.52. The molecule has 0 spiro atoms. The molecule has 2 saturated heterocycles. The SMILES string of the molecule is Clc1cc(CBr)ccc1N1CCCN2CCCC2C1. The molecule has 0 amide bonds. The van der Waals surface area contributed by atoms with E-state index in [1.807, 2.05) is 0 Å². The molecule has 2 aliphatic heterocycles. The van der Waals surface area contributed by atoms with E-state index in [0.717, 1.165) is 29.5 Å². The van der Waals surface area contributed by atoms with E-state index in [1.165, 1.54) is 43.6 Å². The predicted molar refractivity (Wildman–Crippen MR) is 85.5 cm³/mol. The number of hydrogen-bond acceptors (Lipinski definition) is 2. The van der Waals surface area contributed by atoms with Crippen molar-refractivity contribution < 1.29 is 0 Å². The molecular formula is C15H20BrClN2. The lowest BCUT2D eigenvalue weighted by Gasteiger charge is -2.28. The van der Waals surface area contributed by atoms with Crippen LogP contribution in [0, 0.1) is 0 Å². The molecule has 2 nitrogen and oxygen atoms in total. The van der Waals surface area contributed by atoms with Crippen molar-refractivity contribution in [1.82, 2.24) is 4.90 Å². The lowest BCUT2D eigenvalue weighted by atomic mass is 10.1. The summed E-state index contributed by atoms with van der Waals surface area (Å²) in [5.74, 6) is 0. The van der Waals surface area contributed by atoms with Crippen molar-refractivity contribution in [3.05, 3.63) is 28.8 Å². The smallest absolute Gasteiger partial charge is 0.0642 e. The van der Waals surface area contributed by atoms with Gasteiger partial charge in [-0.15, -0.1) is 0 Å². The number of anilines is 1. The average molecular weight is 344 g/mol. The standard InChI is InChI=1S/C15H20BrClN2/c16-10-12-4-5-15(14(17)9-12)19-8-2-7-18-6-1-3-13(18)11-19/h4-5,9,13H,1-3,6-8,10-11H2. The Labute approximate surface area is 128 Å². The van der Waals surface area contributed by atoms with Gasteiger partial charge in [-0.05, 0) is 43.5 Å². The molecule has 3 rings (SSSR count). The Bertz CT molecular complexity index is 452. The minimum atomic E-state index is 0.731. The molecule has 19 heavy (non-hydrogen) atoms. The van der Waals surface area contributed by atoms with Gasteiger partial charge >= 0.3 is 0 Å². The minimum Gasteiger partial charge on any atom is -0.369 e. The molecule has 104 valence electrons. The summed E-state index contributed by atoms with van der Waals surface area (Å²) in [6, 6.07) is 7.18. The van der Waals surface area contributed by atoms with Gasteiger partial charge in [-0.3, -0.25) is 4.90 Å². The second kappa shape index (κ2) is 6.02. The first-order valence-corrected chi connectivity index (χ1v) is 8.61. The van der Waals surface area contributed by atoms with Crippen molar-refractivity contribution in [3.8, 4) is 0 Å². The van der Waals surface area contributed by atoms with Crippen molar-refractivity contribution in [3.63, 3.8) is 0 Å². The molecule has 0 N–H and O–H groups in total. The molecular weight excluding hydrogens is 324 g/mol. The summed E-state index contributed by atoms with van der Waals surface area (Å²) in [7, 11) is 0. The molecule has 1 unspecified atom stereocenters. The molecule has 2 aliphatic rings. The number of nitrogens with zero attached hydrogens (tertiary/aromatic N) is 2. The van der Waals surface area contributed by atoms with Crippen molar-refractivity contribution in [2.45, 2.75) is 30.6 Å². The van der Waals surface area contributed by atoms with Crippen LogP contribution in [0.25, 0.3) is 0 Å². The number of alkyl halides is 1. The highest BCUT2D eigenvalue weighted by Gasteiger charge is 2.29. The third-order valence-electron chi connectivity index (χ3n) is 4.31. The molecule has 0 radical (unpaired) electrons. The van der Waals surface area contributed by atoms with Crippen molar-refractivity contribution in [2.75, 3.05) is 31.1 Å². The first kappa shape index (κ1) is 13.7. The van der Waals surface area contributed by atoms with Gasteiger partial charge in [0.25, 0.3) is 0 Å². The highest BCUT2D eigenvalue weighted by Crippen LogP contribution is 2.31. The van der Waals surface area contributed by atoms with Crippen LogP contribution < -0.4 is 4.90 Å². The molecule has 0 bridgehead atoms. The van der Waals surface area contributed by atoms with E-state index < -0.39 is 0 Å². The summed E-state index contributed by atoms with van der Waals surface area (Å²) >= 11 is 9.94. The Balaban J connectivity index is 1.80. The van der Waals surface area contributed by atoms with Crippen LogP contribution in [-0.2, 0) is 5.33 Å². The molecule has 4 heteroatoms. The van der Waals surface area contributed by atoms with Gasteiger partial charge in [-0.2, -0.15) is 0 Å². The molecule has 2 fully saturated rings. The first-order chi connectivity index (χ1) is 9.28. The van der Waals surface area contributed by atoms with Crippen LogP contribution in [0.3, 0.4) is 0 Å². The topological polar surface area (TPSA) is 6.48 Å². The van der Waals surface area contributed by atoms with E-state index in [-0.39, 0.29) is 0 Å². The lowest BCUT2D eigenvalue weighted by molar-refractivity contribution is 0.273. The van der Waals surface area contributed by atoms with Crippen molar-refractivity contribution >= 4 is 33.2 Å². The number of hydrogen-bond donors (Lipinski definition) is 0. The molecule has 1 atom stereocenters. The fourth-order valence-electron chi connectivity index (χ4n) is 3.32. The van der Waals surface area contributed by atoms with Crippen LogP contribution in [0.5, 0.6) is 0 Å². The zero-order valence-corrected chi connectivity index (χ0v) is 13.5. The Hall–Kier alpha value is -0.250. The van der Waals surface area contributed by atoms with Gasteiger partial charge in [-0.25, -0.2) is 0 Å². The number of benzene rings is 1. The molecule has 0 saturated carbocycles. The second-order valence-electron chi connectivity index (χ2n) is 5.55. The van der Waals surface area contributed by atoms with E-state index >= 15 is 0 Å². The summed E-state index contributed by atoms with van der Waals surface area (Å²) in [5, 5.41) is 1.76. The van der Waals surface area contributed by atoms with Crippen LogP contribution in [0.2, 0.25) is 5.02 Å². The van der Waals surface area contributed by atoms with Crippen molar-refractivity contribution in [1.29, 1.82) is 0 Å². The fourth-order valence-corrected chi connectivity index (χ4v) is 3.99. The molecule has 1 aromatic carbocycles. The first-order valence-electron chi connectivity index (χ1n) is 7.11. The summed E-state index contributed by atoms with van der Waals surface area (Å²) in [5.41, 5.74) is 2.45. The van der Waals surface area contributed by atoms with Gasteiger partial charge in [0.1, 0.15) is 0 Å². The van der Waals surface area contributed by atoms with Crippen molar-refractivity contribution in [2.24, 2.45) is 0 Å². The summed E-state index contributed by atoms with van der Waals surface area (Å²) in [6.07, 6.45) is 3.94. The van der Waals surface area contributed by atoms with Crippen LogP contribution in [0.4, 0.5) is 5.69 Å². The van der Waals surface area contributed by atoms with E-state index in [9.17, 15) is 0 Å². The monoisotopic (exact) mass is 342 g/mol. The van der Waals surface area contributed by atoms with Gasteiger partial charge in [0.15, 0.2) is 0 Å². The molecule has 0 aliphatic carbocycles. The zero-order valence-electron chi connectivity index (χ0n) is 11.1.